The minimum atomic E-state index is -4.47. The van der Waals surface area contributed by atoms with Crippen molar-refractivity contribution in [2.75, 3.05) is 11.3 Å². The lowest BCUT2D eigenvalue weighted by molar-refractivity contribution is -0.138. The van der Waals surface area contributed by atoms with Crippen LogP contribution in [0.1, 0.15) is 11.1 Å². The molecule has 2 N–H and O–H groups in total. The molecule has 10 heteroatoms. The number of anilines is 1. The maximum Gasteiger partial charge on any atom is 0.405 e. The second-order valence-electron chi connectivity index (χ2n) is 5.76. The zero-order valence-electron chi connectivity index (χ0n) is 13.9. The van der Waals surface area contributed by atoms with Crippen molar-refractivity contribution in [1.29, 1.82) is 0 Å². The van der Waals surface area contributed by atoms with Crippen LogP contribution < -0.4 is 10.0 Å². The van der Waals surface area contributed by atoms with E-state index in [9.17, 15) is 26.4 Å². The Hall–Kier alpha value is -2.26. The van der Waals surface area contributed by atoms with Gasteiger partial charge >= 0.3 is 6.18 Å². The molecule has 27 heavy (non-hydrogen) atoms. The molecular formula is C17H16ClF3N2O3S. The van der Waals surface area contributed by atoms with E-state index >= 15 is 0 Å². The summed E-state index contributed by atoms with van der Waals surface area (Å²) in [6.45, 7) is -1.40. The Kier molecular flexibility index (Phi) is 6.72. The van der Waals surface area contributed by atoms with E-state index < -0.39 is 28.7 Å². The van der Waals surface area contributed by atoms with Crippen LogP contribution in [0, 0.1) is 0 Å². The van der Waals surface area contributed by atoms with Crippen molar-refractivity contribution < 1.29 is 26.4 Å². The van der Waals surface area contributed by atoms with Gasteiger partial charge in [-0.1, -0.05) is 35.9 Å². The summed E-state index contributed by atoms with van der Waals surface area (Å²) in [6, 6.07) is 12.2. The fourth-order valence-corrected chi connectivity index (χ4v) is 3.60. The molecule has 0 saturated carbocycles. The minimum absolute atomic E-state index is 0.244. The number of amides is 1. The van der Waals surface area contributed by atoms with Crippen LogP contribution >= 0.6 is 11.6 Å². The molecular weight excluding hydrogens is 405 g/mol. The van der Waals surface area contributed by atoms with Gasteiger partial charge in [0.1, 0.15) is 6.54 Å². The topological polar surface area (TPSA) is 75.3 Å². The predicted molar refractivity (Wildman–Crippen MR) is 96.9 cm³/mol. The third-order valence-electron chi connectivity index (χ3n) is 3.32. The number of sulfonamides is 1. The van der Waals surface area contributed by atoms with E-state index in [0.717, 1.165) is 0 Å². The van der Waals surface area contributed by atoms with Gasteiger partial charge < -0.3 is 5.32 Å². The number of nitrogens with one attached hydrogen (secondary N) is 2. The first-order valence-electron chi connectivity index (χ1n) is 7.70. The van der Waals surface area contributed by atoms with Crippen LogP contribution in [0.2, 0.25) is 5.02 Å². The number of carbonyl (C=O) groups is 1. The van der Waals surface area contributed by atoms with Gasteiger partial charge in [0.15, 0.2) is 0 Å². The molecule has 1 amide bonds. The minimum Gasteiger partial charge on any atom is -0.347 e. The number of carbonyl (C=O) groups excluding carboxylic acids is 1. The van der Waals surface area contributed by atoms with Crippen molar-refractivity contribution >= 4 is 33.2 Å². The lowest BCUT2D eigenvalue weighted by Gasteiger charge is -2.10. The van der Waals surface area contributed by atoms with Gasteiger partial charge in [-0.05, 0) is 35.4 Å². The summed E-state index contributed by atoms with van der Waals surface area (Å²) >= 11 is 5.83. The molecule has 0 aliphatic heterocycles. The van der Waals surface area contributed by atoms with Gasteiger partial charge in [0.05, 0.1) is 12.2 Å². The summed E-state index contributed by atoms with van der Waals surface area (Å²) in [6.07, 6.45) is -4.72. The van der Waals surface area contributed by atoms with Gasteiger partial charge in [0.25, 0.3) is 0 Å². The largest absolute Gasteiger partial charge is 0.405 e. The standard InChI is InChI=1S/C17H16ClF3N2O3S/c18-14-3-1-2-13(8-14)10-27(25,26)23-15-6-4-12(5-7-15)9-16(24)22-11-17(19,20)21/h1-8,23H,9-11H2,(H,22,24). The van der Waals surface area contributed by atoms with Crippen LogP contribution in [0.3, 0.4) is 0 Å². The Balaban J connectivity index is 1.93. The molecule has 5 nitrogen and oxygen atoms in total. The number of rotatable bonds is 7. The lowest BCUT2D eigenvalue weighted by atomic mass is 10.1. The summed E-state index contributed by atoms with van der Waals surface area (Å²) < 4.78 is 63.0. The Labute approximate surface area is 159 Å². The molecule has 0 unspecified atom stereocenters. The van der Waals surface area contributed by atoms with Crippen LogP contribution in [0.4, 0.5) is 18.9 Å². The maximum absolute atomic E-state index is 12.2. The second kappa shape index (κ2) is 8.62. The third-order valence-corrected chi connectivity index (χ3v) is 4.82. The summed E-state index contributed by atoms with van der Waals surface area (Å²) in [5.74, 6) is -1.04. The molecule has 0 bridgehead atoms. The lowest BCUT2D eigenvalue weighted by Crippen LogP contribution is -2.34. The molecule has 0 aliphatic rings. The average molecular weight is 421 g/mol. The van der Waals surface area contributed by atoms with Crippen LogP contribution in [-0.4, -0.2) is 27.0 Å². The first-order valence-corrected chi connectivity index (χ1v) is 9.73. The van der Waals surface area contributed by atoms with Crippen molar-refractivity contribution in [2.45, 2.75) is 18.3 Å². The molecule has 0 aliphatic carbocycles. The molecule has 0 spiro atoms. The Morgan fingerprint density at radius 2 is 1.70 bits per heavy atom. The molecule has 0 saturated heterocycles. The number of hydrogen-bond acceptors (Lipinski definition) is 3. The van der Waals surface area contributed by atoms with Crippen LogP contribution in [0.15, 0.2) is 48.5 Å². The van der Waals surface area contributed by atoms with Crippen molar-refractivity contribution in [3.63, 3.8) is 0 Å². The van der Waals surface area contributed by atoms with Crippen molar-refractivity contribution in [3.8, 4) is 0 Å². The van der Waals surface area contributed by atoms with Gasteiger partial charge in [0.2, 0.25) is 15.9 Å². The van der Waals surface area contributed by atoms with E-state index in [1.54, 1.807) is 29.6 Å². The van der Waals surface area contributed by atoms with Crippen LogP contribution in [0.25, 0.3) is 0 Å². The van der Waals surface area contributed by atoms with E-state index in [2.05, 4.69) is 4.72 Å². The van der Waals surface area contributed by atoms with Crippen LogP contribution in [-0.2, 0) is 27.0 Å². The van der Waals surface area contributed by atoms with E-state index in [1.807, 2.05) is 0 Å². The normalized spacial score (nSPS) is 11.9. The number of alkyl halides is 3. The summed E-state index contributed by atoms with van der Waals surface area (Å²) in [4.78, 5) is 11.5. The number of hydrogen-bond donors (Lipinski definition) is 2. The third kappa shape index (κ3) is 7.88. The van der Waals surface area contributed by atoms with E-state index in [-0.39, 0.29) is 17.9 Å². The Morgan fingerprint density at radius 1 is 1.04 bits per heavy atom. The first kappa shape index (κ1) is 21.0. The average Bonchev–Trinajstić information content (AvgIpc) is 2.53. The quantitative estimate of drug-likeness (QED) is 0.719. The summed E-state index contributed by atoms with van der Waals surface area (Å²) in [7, 11) is -3.68. The van der Waals surface area contributed by atoms with Gasteiger partial charge in [-0.3, -0.25) is 9.52 Å². The van der Waals surface area contributed by atoms with Crippen molar-refractivity contribution in [3.05, 3.63) is 64.7 Å². The smallest absolute Gasteiger partial charge is 0.347 e. The maximum atomic E-state index is 12.2. The molecule has 0 atom stereocenters. The zero-order chi connectivity index (χ0) is 20.1. The van der Waals surface area contributed by atoms with E-state index in [0.29, 0.717) is 16.1 Å². The number of benzene rings is 2. The molecule has 146 valence electrons. The SMILES string of the molecule is O=C(Cc1ccc(NS(=O)(=O)Cc2cccc(Cl)c2)cc1)NCC(F)(F)F. The van der Waals surface area contributed by atoms with Crippen LogP contribution in [0.5, 0.6) is 0 Å². The monoisotopic (exact) mass is 420 g/mol. The zero-order valence-corrected chi connectivity index (χ0v) is 15.5. The Bertz CT molecular complexity index is 900. The molecule has 0 heterocycles. The molecule has 0 fully saturated rings. The van der Waals surface area contributed by atoms with Gasteiger partial charge in [-0.2, -0.15) is 13.2 Å². The molecule has 2 rings (SSSR count). The fourth-order valence-electron chi connectivity index (χ4n) is 2.20. The Morgan fingerprint density at radius 3 is 2.30 bits per heavy atom. The van der Waals surface area contributed by atoms with Gasteiger partial charge in [0, 0.05) is 10.7 Å². The number of halogens is 4. The molecule has 0 radical (unpaired) electrons. The molecule has 2 aromatic carbocycles. The van der Waals surface area contributed by atoms with E-state index in [4.69, 9.17) is 11.6 Å². The molecule has 0 aromatic heterocycles. The highest BCUT2D eigenvalue weighted by atomic mass is 35.5. The predicted octanol–water partition coefficient (Wildman–Crippen LogP) is 3.50. The molecule has 2 aromatic rings. The van der Waals surface area contributed by atoms with Crippen molar-refractivity contribution in [1.82, 2.24) is 5.32 Å². The fraction of sp³-hybridized carbons (Fsp3) is 0.235. The summed E-state index contributed by atoms with van der Waals surface area (Å²) in [5.41, 5.74) is 1.25. The van der Waals surface area contributed by atoms with Gasteiger partial charge in [-0.15, -0.1) is 0 Å². The van der Waals surface area contributed by atoms with Crippen molar-refractivity contribution in [2.24, 2.45) is 0 Å². The summed E-state index contributed by atoms with van der Waals surface area (Å²) in [5, 5.41) is 2.20. The van der Waals surface area contributed by atoms with E-state index in [1.165, 1.54) is 24.3 Å². The highest BCUT2D eigenvalue weighted by Crippen LogP contribution is 2.17. The highest BCUT2D eigenvalue weighted by Gasteiger charge is 2.27. The highest BCUT2D eigenvalue weighted by molar-refractivity contribution is 7.91. The van der Waals surface area contributed by atoms with Gasteiger partial charge in [-0.25, -0.2) is 8.42 Å². The first-order chi connectivity index (χ1) is 12.5. The second-order valence-corrected chi connectivity index (χ2v) is 7.92.